The lowest BCUT2D eigenvalue weighted by molar-refractivity contribution is -0.114. The van der Waals surface area contributed by atoms with E-state index < -0.39 is 0 Å². The van der Waals surface area contributed by atoms with Crippen LogP contribution in [0.25, 0.3) is 5.69 Å². The number of anilines is 1. The average molecular weight is 244 g/mol. The molecule has 0 atom stereocenters. The van der Waals surface area contributed by atoms with Crippen molar-refractivity contribution in [3.63, 3.8) is 0 Å². The minimum Gasteiger partial charge on any atom is -0.326 e. The third-order valence-corrected chi connectivity index (χ3v) is 2.65. The van der Waals surface area contributed by atoms with Crippen LogP contribution in [0.4, 0.5) is 5.69 Å². The summed E-state index contributed by atoms with van der Waals surface area (Å²) in [5.74, 6) is -0.0913. The summed E-state index contributed by atoms with van der Waals surface area (Å²) in [6.45, 7) is 3.88. The van der Waals surface area contributed by atoms with E-state index in [2.05, 4.69) is 10.4 Å². The van der Waals surface area contributed by atoms with Crippen molar-refractivity contribution < 1.29 is 4.79 Å². The number of aromatic nitrogens is 2. The normalized spacial score (nSPS) is 10.4. The van der Waals surface area contributed by atoms with Gasteiger partial charge in [0.05, 0.1) is 11.4 Å². The van der Waals surface area contributed by atoms with Crippen molar-refractivity contribution in [1.29, 1.82) is 0 Å². The summed E-state index contributed by atoms with van der Waals surface area (Å²) in [5.41, 5.74) is 9.21. The van der Waals surface area contributed by atoms with E-state index in [1.54, 1.807) is 4.68 Å². The highest BCUT2D eigenvalue weighted by molar-refractivity contribution is 5.88. The largest absolute Gasteiger partial charge is 0.326 e. The van der Waals surface area contributed by atoms with Crippen molar-refractivity contribution in [2.45, 2.75) is 20.4 Å². The zero-order valence-corrected chi connectivity index (χ0v) is 10.5. The number of aryl methyl sites for hydroxylation is 1. The van der Waals surface area contributed by atoms with Crippen LogP contribution in [-0.2, 0) is 11.3 Å². The number of amides is 1. The molecule has 0 fully saturated rings. The summed E-state index contributed by atoms with van der Waals surface area (Å²) in [6, 6.07) is 7.51. The Morgan fingerprint density at radius 1 is 1.50 bits per heavy atom. The Labute approximate surface area is 106 Å². The van der Waals surface area contributed by atoms with Crippen LogP contribution >= 0.6 is 0 Å². The van der Waals surface area contributed by atoms with Crippen molar-refractivity contribution in [2.75, 3.05) is 5.32 Å². The predicted octanol–water partition coefficient (Wildman–Crippen LogP) is 1.60. The molecule has 0 aliphatic heterocycles. The number of hydrogen-bond donors (Lipinski definition) is 2. The fourth-order valence-corrected chi connectivity index (χ4v) is 1.76. The third kappa shape index (κ3) is 2.57. The molecule has 0 aliphatic rings. The molecule has 5 heteroatoms. The topological polar surface area (TPSA) is 72.9 Å². The number of nitrogens with two attached hydrogens (primary N) is 1. The minimum atomic E-state index is -0.0913. The Morgan fingerprint density at radius 3 is 2.89 bits per heavy atom. The highest BCUT2D eigenvalue weighted by atomic mass is 16.1. The van der Waals surface area contributed by atoms with Gasteiger partial charge in [0.2, 0.25) is 5.91 Å². The van der Waals surface area contributed by atoms with Crippen molar-refractivity contribution in [3.8, 4) is 5.69 Å². The molecule has 2 aromatic rings. The lowest BCUT2D eigenvalue weighted by Crippen LogP contribution is -2.06. The van der Waals surface area contributed by atoms with Crippen LogP contribution in [0.2, 0.25) is 0 Å². The summed E-state index contributed by atoms with van der Waals surface area (Å²) in [7, 11) is 0. The number of nitrogens with one attached hydrogen (secondary N) is 1. The molecule has 3 N–H and O–H groups in total. The molecule has 18 heavy (non-hydrogen) atoms. The Balaban J connectivity index is 2.34. The van der Waals surface area contributed by atoms with Crippen LogP contribution in [0.1, 0.15) is 18.2 Å². The molecular formula is C13H16N4O. The third-order valence-electron chi connectivity index (χ3n) is 2.65. The zero-order valence-electron chi connectivity index (χ0n) is 10.5. The molecule has 0 aliphatic carbocycles. The number of hydrogen-bond acceptors (Lipinski definition) is 3. The van der Waals surface area contributed by atoms with Crippen LogP contribution < -0.4 is 11.1 Å². The van der Waals surface area contributed by atoms with Gasteiger partial charge in [-0.1, -0.05) is 6.07 Å². The molecule has 1 aromatic carbocycles. The van der Waals surface area contributed by atoms with E-state index in [0.29, 0.717) is 6.54 Å². The maximum absolute atomic E-state index is 11.0. The van der Waals surface area contributed by atoms with Crippen LogP contribution in [0.3, 0.4) is 0 Å². The van der Waals surface area contributed by atoms with Gasteiger partial charge < -0.3 is 11.1 Å². The first kappa shape index (κ1) is 12.3. The maximum atomic E-state index is 11.0. The second kappa shape index (κ2) is 5.01. The Hall–Kier alpha value is -2.14. The number of benzene rings is 1. The molecule has 5 nitrogen and oxygen atoms in total. The van der Waals surface area contributed by atoms with Crippen molar-refractivity contribution in [1.82, 2.24) is 9.78 Å². The van der Waals surface area contributed by atoms with E-state index >= 15 is 0 Å². The smallest absolute Gasteiger partial charge is 0.221 e. The average Bonchev–Trinajstić information content (AvgIpc) is 2.70. The SMILES string of the molecule is CC(=O)Nc1cccc(-n2cc(CN)c(C)n2)c1. The maximum Gasteiger partial charge on any atom is 0.221 e. The van der Waals surface area contributed by atoms with E-state index in [4.69, 9.17) is 5.73 Å². The highest BCUT2D eigenvalue weighted by Crippen LogP contribution is 2.16. The zero-order chi connectivity index (χ0) is 13.1. The van der Waals surface area contributed by atoms with Crippen LogP contribution in [0, 0.1) is 6.92 Å². The summed E-state index contributed by atoms with van der Waals surface area (Å²) in [6.07, 6.45) is 1.90. The summed E-state index contributed by atoms with van der Waals surface area (Å²) in [4.78, 5) is 11.0. The number of rotatable bonds is 3. The lowest BCUT2D eigenvalue weighted by Gasteiger charge is -2.05. The van der Waals surface area contributed by atoms with Gasteiger partial charge in [-0.05, 0) is 25.1 Å². The van der Waals surface area contributed by atoms with Gasteiger partial charge in [0.1, 0.15) is 0 Å². The van der Waals surface area contributed by atoms with Crippen molar-refractivity contribution in [2.24, 2.45) is 5.73 Å². The molecule has 0 unspecified atom stereocenters. The van der Waals surface area contributed by atoms with Gasteiger partial charge in [-0.25, -0.2) is 4.68 Å². The number of nitrogens with zero attached hydrogens (tertiary/aromatic N) is 2. The first-order chi connectivity index (χ1) is 8.60. The fourth-order valence-electron chi connectivity index (χ4n) is 1.76. The van der Waals surface area contributed by atoms with Gasteiger partial charge in [0.15, 0.2) is 0 Å². The van der Waals surface area contributed by atoms with Crippen molar-refractivity contribution in [3.05, 3.63) is 41.7 Å². The molecule has 1 aromatic heterocycles. The molecule has 1 amide bonds. The summed E-state index contributed by atoms with van der Waals surface area (Å²) < 4.78 is 1.77. The Morgan fingerprint density at radius 2 is 2.28 bits per heavy atom. The molecule has 2 rings (SSSR count). The predicted molar refractivity (Wildman–Crippen MR) is 70.5 cm³/mol. The molecule has 1 heterocycles. The highest BCUT2D eigenvalue weighted by Gasteiger charge is 2.05. The molecule has 0 bridgehead atoms. The van der Waals surface area contributed by atoms with E-state index in [9.17, 15) is 4.79 Å². The molecule has 0 radical (unpaired) electrons. The van der Waals surface area contributed by atoms with E-state index in [1.165, 1.54) is 6.92 Å². The lowest BCUT2D eigenvalue weighted by atomic mass is 10.2. The first-order valence-electron chi connectivity index (χ1n) is 5.73. The van der Waals surface area contributed by atoms with Gasteiger partial charge in [-0.3, -0.25) is 4.79 Å². The van der Waals surface area contributed by atoms with Gasteiger partial charge in [-0.2, -0.15) is 5.10 Å². The number of carbonyl (C=O) groups excluding carboxylic acids is 1. The Bertz CT molecular complexity index is 574. The quantitative estimate of drug-likeness (QED) is 0.861. The molecule has 0 saturated carbocycles. The van der Waals surface area contributed by atoms with Gasteiger partial charge in [0.25, 0.3) is 0 Å². The van der Waals surface area contributed by atoms with Crippen molar-refractivity contribution >= 4 is 11.6 Å². The van der Waals surface area contributed by atoms with Crippen LogP contribution in [0.15, 0.2) is 30.5 Å². The standard InChI is InChI=1S/C13H16N4O/c1-9-11(7-14)8-17(16-9)13-5-3-4-12(6-13)15-10(2)18/h3-6,8H,7,14H2,1-2H3,(H,15,18). The first-order valence-corrected chi connectivity index (χ1v) is 5.73. The van der Waals surface area contributed by atoms with Crippen LogP contribution in [0.5, 0.6) is 0 Å². The van der Waals surface area contributed by atoms with E-state index in [-0.39, 0.29) is 5.91 Å². The second-order valence-electron chi connectivity index (χ2n) is 4.12. The fraction of sp³-hybridized carbons (Fsp3) is 0.231. The van der Waals surface area contributed by atoms with Gasteiger partial charge in [0, 0.05) is 30.9 Å². The molecule has 0 spiro atoms. The van der Waals surface area contributed by atoms with Gasteiger partial charge in [-0.15, -0.1) is 0 Å². The van der Waals surface area contributed by atoms with Gasteiger partial charge >= 0.3 is 0 Å². The second-order valence-corrected chi connectivity index (χ2v) is 4.12. The molecule has 0 saturated heterocycles. The summed E-state index contributed by atoms with van der Waals surface area (Å²) >= 11 is 0. The molecular weight excluding hydrogens is 228 g/mol. The van der Waals surface area contributed by atoms with E-state index in [1.807, 2.05) is 37.4 Å². The summed E-state index contributed by atoms with van der Waals surface area (Å²) in [5, 5.41) is 7.14. The monoisotopic (exact) mass is 244 g/mol. The van der Waals surface area contributed by atoms with Crippen LogP contribution in [-0.4, -0.2) is 15.7 Å². The Kier molecular flexibility index (Phi) is 3.43. The van der Waals surface area contributed by atoms with E-state index in [0.717, 1.165) is 22.6 Å². The molecule has 94 valence electrons. The minimum absolute atomic E-state index is 0.0913. The number of carbonyl (C=O) groups is 1.